The fourth-order valence-corrected chi connectivity index (χ4v) is 3.58. The number of rotatable bonds is 3. The van der Waals surface area contributed by atoms with Crippen LogP contribution in [0.25, 0.3) is 0 Å². The van der Waals surface area contributed by atoms with Gasteiger partial charge in [0.2, 0.25) is 5.91 Å². The molecule has 0 spiro atoms. The van der Waals surface area contributed by atoms with Crippen LogP contribution in [-0.2, 0) is 16.0 Å². The number of fused-ring (bicyclic) bond motifs is 1. The Morgan fingerprint density at radius 2 is 2.19 bits per heavy atom. The summed E-state index contributed by atoms with van der Waals surface area (Å²) < 4.78 is 0. The summed E-state index contributed by atoms with van der Waals surface area (Å²) >= 11 is 0. The quantitative estimate of drug-likeness (QED) is 0.891. The molecule has 2 N–H and O–H groups in total. The summed E-state index contributed by atoms with van der Waals surface area (Å²) in [5, 5.41) is 12.8. The summed E-state index contributed by atoms with van der Waals surface area (Å²) in [4.78, 5) is 26.1. The number of amides is 1. The summed E-state index contributed by atoms with van der Waals surface area (Å²) in [6, 6.07) is 7.51. The predicted molar refractivity (Wildman–Crippen MR) is 79.2 cm³/mol. The van der Waals surface area contributed by atoms with Gasteiger partial charge in [-0.05, 0) is 30.9 Å². The van der Waals surface area contributed by atoms with Crippen LogP contribution in [0.2, 0.25) is 0 Å². The Balaban J connectivity index is 1.82. The molecular formula is C16H20N2O3. The first-order chi connectivity index (χ1) is 10.1. The second kappa shape index (κ2) is 5.06. The second-order valence-corrected chi connectivity index (χ2v) is 5.84. The normalized spacial score (nSPS) is 27.3. The number of aliphatic carboxylic acids is 1. The molecule has 0 saturated carbocycles. The van der Waals surface area contributed by atoms with E-state index < -0.39 is 11.5 Å². The predicted octanol–water partition coefficient (Wildman–Crippen LogP) is 1.88. The number of nitrogens with one attached hydrogen (secondary N) is 1. The Morgan fingerprint density at radius 3 is 2.86 bits per heavy atom. The summed E-state index contributed by atoms with van der Waals surface area (Å²) in [5.74, 6) is -0.973. The maximum atomic E-state index is 12.8. The number of carboxylic acid groups (broad SMARTS) is 1. The smallest absolute Gasteiger partial charge is 0.329 e. The summed E-state index contributed by atoms with van der Waals surface area (Å²) in [5.41, 5.74) is 1.08. The van der Waals surface area contributed by atoms with Crippen molar-refractivity contribution < 1.29 is 14.7 Å². The van der Waals surface area contributed by atoms with Crippen molar-refractivity contribution in [1.82, 2.24) is 4.90 Å². The van der Waals surface area contributed by atoms with Crippen molar-refractivity contribution in [3.63, 3.8) is 0 Å². The minimum atomic E-state index is -1.02. The molecule has 21 heavy (non-hydrogen) atoms. The lowest BCUT2D eigenvalue weighted by atomic mass is 9.92. The average Bonchev–Trinajstić information content (AvgIpc) is 3.10. The molecular weight excluding hydrogens is 268 g/mol. The lowest BCUT2D eigenvalue weighted by Crippen LogP contribution is -2.56. The van der Waals surface area contributed by atoms with Gasteiger partial charge in [0.05, 0.1) is 0 Å². The molecule has 5 heteroatoms. The van der Waals surface area contributed by atoms with Crippen LogP contribution in [-0.4, -0.2) is 40.0 Å². The van der Waals surface area contributed by atoms with Crippen LogP contribution in [0.4, 0.5) is 5.69 Å². The van der Waals surface area contributed by atoms with Crippen molar-refractivity contribution in [2.75, 3.05) is 11.9 Å². The number of hydrogen-bond donors (Lipinski definition) is 2. The third-order valence-electron chi connectivity index (χ3n) is 4.81. The van der Waals surface area contributed by atoms with Crippen LogP contribution >= 0.6 is 0 Å². The highest BCUT2D eigenvalue weighted by Crippen LogP contribution is 2.35. The van der Waals surface area contributed by atoms with Crippen molar-refractivity contribution in [2.45, 2.75) is 44.2 Å². The van der Waals surface area contributed by atoms with Gasteiger partial charge in [-0.2, -0.15) is 0 Å². The third-order valence-corrected chi connectivity index (χ3v) is 4.81. The van der Waals surface area contributed by atoms with E-state index in [0.717, 1.165) is 17.7 Å². The molecule has 1 unspecified atom stereocenters. The number of nitrogens with zero attached hydrogens (tertiary/aromatic N) is 1. The number of hydrogen-bond acceptors (Lipinski definition) is 3. The van der Waals surface area contributed by atoms with Crippen molar-refractivity contribution in [2.24, 2.45) is 0 Å². The number of para-hydroxylation sites is 1. The number of anilines is 1. The Kier molecular flexibility index (Phi) is 3.35. The molecule has 1 saturated heterocycles. The molecule has 2 aliphatic rings. The summed E-state index contributed by atoms with van der Waals surface area (Å²) in [6.07, 6.45) is 2.38. The van der Waals surface area contributed by atoms with Gasteiger partial charge in [-0.25, -0.2) is 4.79 Å². The zero-order chi connectivity index (χ0) is 15.0. The van der Waals surface area contributed by atoms with Crippen molar-refractivity contribution in [1.29, 1.82) is 0 Å². The fourth-order valence-electron chi connectivity index (χ4n) is 3.58. The standard InChI is InChI=1S/C16H20N2O3/c1-2-16(15(20)21)8-5-9-18(16)14(19)13-10-11-6-3-4-7-12(11)17-13/h3-4,6-7,13,17H,2,5,8-10H2,1H3,(H,20,21)/t13-,16?/m0/s1. The molecule has 2 heterocycles. The van der Waals surface area contributed by atoms with Gasteiger partial charge >= 0.3 is 5.97 Å². The van der Waals surface area contributed by atoms with Crippen molar-refractivity contribution >= 4 is 17.6 Å². The first-order valence-corrected chi connectivity index (χ1v) is 7.48. The molecule has 2 aliphatic heterocycles. The maximum absolute atomic E-state index is 12.8. The monoisotopic (exact) mass is 288 g/mol. The largest absolute Gasteiger partial charge is 0.479 e. The van der Waals surface area contributed by atoms with Crippen LogP contribution in [0, 0.1) is 0 Å². The molecule has 1 fully saturated rings. The van der Waals surface area contributed by atoms with Crippen LogP contribution in [0.3, 0.4) is 0 Å². The van der Waals surface area contributed by atoms with E-state index in [1.54, 1.807) is 4.90 Å². The Morgan fingerprint density at radius 1 is 1.43 bits per heavy atom. The van der Waals surface area contributed by atoms with Crippen LogP contribution in [0.1, 0.15) is 31.7 Å². The lowest BCUT2D eigenvalue weighted by molar-refractivity contribution is -0.157. The van der Waals surface area contributed by atoms with E-state index in [2.05, 4.69) is 5.32 Å². The average molecular weight is 288 g/mol. The molecule has 2 atom stereocenters. The highest BCUT2D eigenvalue weighted by molar-refractivity contribution is 5.93. The third kappa shape index (κ3) is 2.07. The molecule has 1 aromatic carbocycles. The number of carbonyl (C=O) groups excluding carboxylic acids is 1. The van der Waals surface area contributed by atoms with Gasteiger partial charge in [0.1, 0.15) is 11.6 Å². The molecule has 5 nitrogen and oxygen atoms in total. The van der Waals surface area contributed by atoms with Gasteiger partial charge in [-0.1, -0.05) is 25.1 Å². The van der Waals surface area contributed by atoms with Gasteiger partial charge in [-0.15, -0.1) is 0 Å². The number of likely N-dealkylation sites (tertiary alicyclic amines) is 1. The van der Waals surface area contributed by atoms with E-state index in [0.29, 0.717) is 25.8 Å². The van der Waals surface area contributed by atoms with Gasteiger partial charge in [-0.3, -0.25) is 4.79 Å². The maximum Gasteiger partial charge on any atom is 0.329 e. The number of carboxylic acids is 1. The zero-order valence-corrected chi connectivity index (χ0v) is 12.1. The number of carbonyl (C=O) groups is 2. The zero-order valence-electron chi connectivity index (χ0n) is 12.1. The highest BCUT2D eigenvalue weighted by Gasteiger charge is 2.50. The van der Waals surface area contributed by atoms with Gasteiger partial charge in [0, 0.05) is 18.7 Å². The lowest BCUT2D eigenvalue weighted by Gasteiger charge is -2.35. The molecule has 0 bridgehead atoms. The van der Waals surface area contributed by atoms with Gasteiger partial charge in [0.25, 0.3) is 0 Å². The number of benzene rings is 1. The van der Waals surface area contributed by atoms with Crippen molar-refractivity contribution in [3.8, 4) is 0 Å². The van der Waals surface area contributed by atoms with Crippen molar-refractivity contribution in [3.05, 3.63) is 29.8 Å². The summed E-state index contributed by atoms with van der Waals surface area (Å²) in [6.45, 7) is 2.38. The van der Waals surface area contributed by atoms with Gasteiger partial charge < -0.3 is 15.3 Å². The van der Waals surface area contributed by atoms with Crippen LogP contribution < -0.4 is 5.32 Å². The molecule has 0 aromatic heterocycles. The topological polar surface area (TPSA) is 69.6 Å². The van der Waals surface area contributed by atoms with E-state index in [-0.39, 0.29) is 11.9 Å². The minimum absolute atomic E-state index is 0.0899. The molecule has 0 radical (unpaired) electrons. The second-order valence-electron chi connectivity index (χ2n) is 5.84. The van der Waals surface area contributed by atoms with E-state index in [1.165, 1.54) is 0 Å². The molecule has 1 aromatic rings. The summed E-state index contributed by atoms with van der Waals surface area (Å²) in [7, 11) is 0. The first-order valence-electron chi connectivity index (χ1n) is 7.48. The minimum Gasteiger partial charge on any atom is -0.479 e. The van der Waals surface area contributed by atoms with Gasteiger partial charge in [0.15, 0.2) is 0 Å². The molecule has 1 amide bonds. The van der Waals surface area contributed by atoms with Crippen LogP contribution in [0.15, 0.2) is 24.3 Å². The van der Waals surface area contributed by atoms with E-state index >= 15 is 0 Å². The molecule has 0 aliphatic carbocycles. The highest BCUT2D eigenvalue weighted by atomic mass is 16.4. The fraction of sp³-hybridized carbons (Fsp3) is 0.500. The van der Waals surface area contributed by atoms with E-state index in [9.17, 15) is 14.7 Å². The Labute approximate surface area is 123 Å². The molecule has 3 rings (SSSR count). The van der Waals surface area contributed by atoms with E-state index in [1.807, 2.05) is 31.2 Å². The first kappa shape index (κ1) is 13.9. The van der Waals surface area contributed by atoms with Crippen LogP contribution in [0.5, 0.6) is 0 Å². The molecule has 112 valence electrons. The Bertz CT molecular complexity index is 562. The Hall–Kier alpha value is -2.04. The SMILES string of the molecule is CCC1(C(=O)O)CCCN1C(=O)[C@@H]1Cc2ccccc2N1. The van der Waals surface area contributed by atoms with E-state index in [4.69, 9.17) is 0 Å².